The van der Waals surface area contributed by atoms with E-state index in [1.807, 2.05) is 11.3 Å². The second-order valence-corrected chi connectivity index (χ2v) is 16.0. The molecule has 0 bridgehead atoms. The highest BCUT2D eigenvalue weighted by atomic mass is 32.1. The zero-order valence-electron chi connectivity index (χ0n) is 31.7. The molecule has 0 N–H and O–H groups in total. The fourth-order valence-corrected chi connectivity index (χ4v) is 9.74. The molecule has 11 aromatic rings. The smallest absolute Gasteiger partial charge is 0.0467 e. The quantitative estimate of drug-likeness (QED) is 0.157. The topological polar surface area (TPSA) is 3.24 Å². The van der Waals surface area contributed by atoms with Crippen LogP contribution in [0.4, 0.5) is 17.1 Å². The molecule has 0 saturated carbocycles. The van der Waals surface area contributed by atoms with Gasteiger partial charge in [-0.2, -0.15) is 0 Å². The molecule has 10 aromatic carbocycles. The second kappa shape index (κ2) is 14.4. The first-order valence-electron chi connectivity index (χ1n) is 19.8. The average molecular weight is 756 g/mol. The lowest BCUT2D eigenvalue weighted by Crippen LogP contribution is -2.10. The first-order chi connectivity index (χ1) is 28.7. The van der Waals surface area contributed by atoms with Crippen molar-refractivity contribution in [2.75, 3.05) is 4.90 Å². The molecule has 0 aliphatic carbocycles. The molecule has 0 aliphatic rings. The molecule has 0 unspecified atom stereocenters. The number of thiophene rings is 1. The maximum Gasteiger partial charge on any atom is 0.0467 e. The average Bonchev–Trinajstić information content (AvgIpc) is 3.67. The van der Waals surface area contributed by atoms with E-state index in [0.717, 1.165) is 17.1 Å². The van der Waals surface area contributed by atoms with E-state index in [2.05, 4.69) is 229 Å². The molecule has 1 heterocycles. The predicted octanol–water partition coefficient (Wildman–Crippen LogP) is 16.5. The van der Waals surface area contributed by atoms with Gasteiger partial charge in [0.25, 0.3) is 0 Å². The first kappa shape index (κ1) is 34.0. The van der Waals surface area contributed by atoms with Gasteiger partial charge in [-0.05, 0) is 121 Å². The Labute approximate surface area is 342 Å². The van der Waals surface area contributed by atoms with Gasteiger partial charge in [0.2, 0.25) is 0 Å². The zero-order chi connectivity index (χ0) is 38.4. The van der Waals surface area contributed by atoms with Gasteiger partial charge < -0.3 is 4.90 Å². The van der Waals surface area contributed by atoms with Crippen LogP contribution >= 0.6 is 11.3 Å². The van der Waals surface area contributed by atoms with Crippen molar-refractivity contribution in [3.05, 3.63) is 224 Å². The van der Waals surface area contributed by atoms with E-state index in [4.69, 9.17) is 0 Å². The highest BCUT2D eigenvalue weighted by Gasteiger charge is 2.16. The van der Waals surface area contributed by atoms with Gasteiger partial charge in [-0.25, -0.2) is 0 Å². The lowest BCUT2D eigenvalue weighted by atomic mass is 9.95. The van der Waals surface area contributed by atoms with Crippen LogP contribution in [0.15, 0.2) is 224 Å². The highest BCUT2D eigenvalue weighted by Crippen LogP contribution is 2.41. The normalized spacial score (nSPS) is 11.4. The molecule has 0 spiro atoms. The molecule has 0 saturated heterocycles. The highest BCUT2D eigenvalue weighted by molar-refractivity contribution is 7.25. The summed E-state index contributed by atoms with van der Waals surface area (Å²) in [7, 11) is 0. The van der Waals surface area contributed by atoms with Gasteiger partial charge in [-0.15, -0.1) is 11.3 Å². The van der Waals surface area contributed by atoms with Crippen LogP contribution in [-0.4, -0.2) is 0 Å². The van der Waals surface area contributed by atoms with Crippen LogP contribution in [0.2, 0.25) is 0 Å². The summed E-state index contributed by atoms with van der Waals surface area (Å²) in [6.45, 7) is 0. The molecule has 58 heavy (non-hydrogen) atoms. The minimum Gasteiger partial charge on any atom is -0.310 e. The van der Waals surface area contributed by atoms with E-state index in [9.17, 15) is 0 Å². The molecule has 1 nitrogen and oxygen atoms in total. The number of rotatable bonds is 7. The van der Waals surface area contributed by atoms with Gasteiger partial charge in [0.15, 0.2) is 0 Å². The summed E-state index contributed by atoms with van der Waals surface area (Å²) in [6.07, 6.45) is 0. The summed E-state index contributed by atoms with van der Waals surface area (Å²) in [5.41, 5.74) is 13.0. The summed E-state index contributed by atoms with van der Waals surface area (Å²) in [5.74, 6) is 0. The molecule has 0 aliphatic heterocycles. The van der Waals surface area contributed by atoms with Crippen molar-refractivity contribution in [2.24, 2.45) is 0 Å². The van der Waals surface area contributed by atoms with Crippen molar-refractivity contribution in [3.63, 3.8) is 0 Å². The van der Waals surface area contributed by atoms with Crippen molar-refractivity contribution in [1.82, 2.24) is 0 Å². The van der Waals surface area contributed by atoms with Crippen LogP contribution in [-0.2, 0) is 0 Å². The number of hydrogen-bond donors (Lipinski definition) is 0. The zero-order valence-corrected chi connectivity index (χ0v) is 32.5. The number of benzene rings is 10. The number of hydrogen-bond acceptors (Lipinski definition) is 2. The Morgan fingerprint density at radius 3 is 1.38 bits per heavy atom. The molecular weight excluding hydrogens is 719 g/mol. The second-order valence-electron chi connectivity index (χ2n) is 14.9. The van der Waals surface area contributed by atoms with Gasteiger partial charge in [0.1, 0.15) is 0 Å². The lowest BCUT2D eigenvalue weighted by molar-refractivity contribution is 1.28. The van der Waals surface area contributed by atoms with Crippen molar-refractivity contribution in [2.45, 2.75) is 0 Å². The molecule has 0 amide bonds. The van der Waals surface area contributed by atoms with E-state index >= 15 is 0 Å². The van der Waals surface area contributed by atoms with E-state index in [-0.39, 0.29) is 0 Å². The van der Waals surface area contributed by atoms with E-state index in [1.54, 1.807) is 0 Å². The third-order valence-corrected chi connectivity index (χ3v) is 12.6. The van der Waals surface area contributed by atoms with Gasteiger partial charge in [-0.1, -0.05) is 170 Å². The van der Waals surface area contributed by atoms with Crippen molar-refractivity contribution in [1.29, 1.82) is 0 Å². The fraction of sp³-hybridized carbons (Fsp3) is 0. The Kier molecular flexibility index (Phi) is 8.42. The van der Waals surface area contributed by atoms with Crippen LogP contribution < -0.4 is 4.90 Å². The van der Waals surface area contributed by atoms with Crippen LogP contribution in [0.1, 0.15) is 0 Å². The summed E-state index contributed by atoms with van der Waals surface area (Å²) >= 11 is 1.86. The summed E-state index contributed by atoms with van der Waals surface area (Å²) < 4.78 is 2.65. The van der Waals surface area contributed by atoms with E-state index in [0.29, 0.717) is 0 Å². The Balaban J connectivity index is 0.984. The minimum atomic E-state index is 1.10. The molecule has 1 aromatic heterocycles. The van der Waals surface area contributed by atoms with Crippen LogP contribution in [0, 0.1) is 0 Å². The maximum absolute atomic E-state index is 2.38. The SMILES string of the molecule is c1cc(-c2ccc(N(c3ccc(-c4ccc5c(c4)sc4ccccc45)cc3)c3cccc(-c4cccc5ccccc45)c3)cc2)cc(-c2cccc3ccccc23)c1. The third kappa shape index (κ3) is 6.12. The Morgan fingerprint density at radius 1 is 0.259 bits per heavy atom. The maximum atomic E-state index is 2.38. The minimum absolute atomic E-state index is 1.10. The molecule has 11 rings (SSSR count). The van der Waals surface area contributed by atoms with E-state index in [1.165, 1.54) is 86.2 Å². The number of nitrogens with zero attached hydrogens (tertiary/aromatic N) is 1. The predicted molar refractivity (Wildman–Crippen MR) is 251 cm³/mol. The molecular formula is C56H37NS. The summed E-state index contributed by atoms with van der Waals surface area (Å²) in [4.78, 5) is 2.38. The number of fused-ring (bicyclic) bond motifs is 5. The molecule has 0 atom stereocenters. The van der Waals surface area contributed by atoms with Crippen molar-refractivity contribution in [3.8, 4) is 44.5 Å². The Hall–Kier alpha value is -7.26. The fourth-order valence-electron chi connectivity index (χ4n) is 8.59. The van der Waals surface area contributed by atoms with Crippen LogP contribution in [0.25, 0.3) is 86.2 Å². The van der Waals surface area contributed by atoms with Crippen molar-refractivity contribution < 1.29 is 0 Å². The Morgan fingerprint density at radius 2 is 0.724 bits per heavy atom. The van der Waals surface area contributed by atoms with E-state index < -0.39 is 0 Å². The van der Waals surface area contributed by atoms with Gasteiger partial charge in [0.05, 0.1) is 0 Å². The largest absolute Gasteiger partial charge is 0.310 e. The van der Waals surface area contributed by atoms with Crippen LogP contribution in [0.5, 0.6) is 0 Å². The Bertz CT molecular complexity index is 3270. The van der Waals surface area contributed by atoms with Crippen molar-refractivity contribution >= 4 is 70.1 Å². The number of anilines is 3. The monoisotopic (exact) mass is 755 g/mol. The van der Waals surface area contributed by atoms with Crippen LogP contribution in [0.3, 0.4) is 0 Å². The summed E-state index contributed by atoms with van der Waals surface area (Å²) in [6, 6.07) is 81.9. The summed E-state index contributed by atoms with van der Waals surface area (Å²) in [5, 5.41) is 7.67. The molecule has 2 heteroatoms. The van der Waals surface area contributed by atoms with Gasteiger partial charge in [-0.3, -0.25) is 0 Å². The third-order valence-electron chi connectivity index (χ3n) is 11.5. The molecule has 0 fully saturated rings. The van der Waals surface area contributed by atoms with Gasteiger partial charge >= 0.3 is 0 Å². The van der Waals surface area contributed by atoms with Gasteiger partial charge in [0, 0.05) is 37.2 Å². The standard InChI is InChI=1S/C56H37NS/c1-3-19-49-40(11-1)13-9-22-51(49)44-16-7-15-42(35-44)38-25-30-46(31-26-38)57(48-18-8-17-45(36-48)52-23-10-14-41-12-2-4-20-50(41)52)47-32-27-39(28-33-47)43-29-34-54-53-21-5-6-24-55(53)58-56(54)37-43/h1-37H. The first-order valence-corrected chi connectivity index (χ1v) is 20.6. The molecule has 0 radical (unpaired) electrons. The lowest BCUT2D eigenvalue weighted by Gasteiger charge is -2.26. The molecule has 272 valence electrons.